The van der Waals surface area contributed by atoms with Gasteiger partial charge in [-0.3, -0.25) is 0 Å². The van der Waals surface area contributed by atoms with Crippen LogP contribution in [0, 0.1) is 0 Å². The van der Waals surface area contributed by atoms with Gasteiger partial charge in [0.25, 0.3) is 0 Å². The van der Waals surface area contributed by atoms with Gasteiger partial charge >= 0.3 is 5.97 Å². The highest BCUT2D eigenvalue weighted by Gasteiger charge is 2.12. The molecule has 0 spiro atoms. The SMILES string of the molecule is C=CC(=O)OCCCCCc1ccc([Si])c(OC)c1OC. The molecule has 0 saturated heterocycles. The Hall–Kier alpha value is -1.75. The van der Waals surface area contributed by atoms with E-state index in [-0.39, 0.29) is 5.97 Å². The molecule has 1 aromatic rings. The Balaban J connectivity index is 2.45. The number of unbranched alkanes of at least 4 members (excludes halogenated alkanes) is 2. The number of ether oxygens (including phenoxy) is 3. The average molecular weight is 305 g/mol. The molecule has 0 aromatic heterocycles. The number of hydrogen-bond donors (Lipinski definition) is 0. The zero-order valence-corrected chi connectivity index (χ0v) is 13.6. The van der Waals surface area contributed by atoms with Crippen LogP contribution in [0.3, 0.4) is 0 Å². The van der Waals surface area contributed by atoms with Crippen LogP contribution in [0.25, 0.3) is 0 Å². The molecule has 0 unspecified atom stereocenters. The molecule has 0 aliphatic heterocycles. The molecule has 0 bridgehead atoms. The van der Waals surface area contributed by atoms with E-state index in [1.165, 1.54) is 6.08 Å². The van der Waals surface area contributed by atoms with Crippen LogP contribution in [-0.4, -0.2) is 37.0 Å². The van der Waals surface area contributed by atoms with Crippen LogP contribution in [0.1, 0.15) is 24.8 Å². The highest BCUT2D eigenvalue weighted by molar-refractivity contribution is 6.34. The van der Waals surface area contributed by atoms with E-state index < -0.39 is 0 Å². The number of esters is 1. The lowest BCUT2D eigenvalue weighted by Crippen LogP contribution is -2.10. The molecule has 1 aromatic carbocycles. The Morgan fingerprint density at radius 1 is 1.19 bits per heavy atom. The number of rotatable bonds is 9. The molecule has 0 atom stereocenters. The van der Waals surface area contributed by atoms with Crippen molar-refractivity contribution in [3.05, 3.63) is 30.4 Å². The van der Waals surface area contributed by atoms with Crippen LogP contribution >= 0.6 is 0 Å². The largest absolute Gasteiger partial charge is 0.493 e. The zero-order chi connectivity index (χ0) is 15.7. The van der Waals surface area contributed by atoms with E-state index in [4.69, 9.17) is 14.2 Å². The molecule has 21 heavy (non-hydrogen) atoms. The second-order valence-electron chi connectivity index (χ2n) is 4.52. The third-order valence-corrected chi connectivity index (χ3v) is 3.50. The predicted octanol–water partition coefficient (Wildman–Crippen LogP) is 1.94. The van der Waals surface area contributed by atoms with Gasteiger partial charge in [0.1, 0.15) is 0 Å². The smallest absolute Gasteiger partial charge is 0.330 e. The number of carbonyl (C=O) groups is 1. The molecule has 5 heteroatoms. The van der Waals surface area contributed by atoms with Gasteiger partial charge in [-0.2, -0.15) is 0 Å². The summed E-state index contributed by atoms with van der Waals surface area (Å²) in [5.74, 6) is 1.11. The van der Waals surface area contributed by atoms with Crippen molar-refractivity contribution in [1.29, 1.82) is 0 Å². The minimum absolute atomic E-state index is 0.367. The third-order valence-electron chi connectivity index (χ3n) is 3.10. The minimum atomic E-state index is -0.367. The summed E-state index contributed by atoms with van der Waals surface area (Å²) in [5.41, 5.74) is 1.11. The first-order valence-electron chi connectivity index (χ1n) is 6.88. The summed E-state index contributed by atoms with van der Waals surface area (Å²) in [4.78, 5) is 10.9. The molecule has 3 radical (unpaired) electrons. The normalized spacial score (nSPS) is 10.0. The van der Waals surface area contributed by atoms with Crippen molar-refractivity contribution in [3.8, 4) is 11.5 Å². The van der Waals surface area contributed by atoms with Crippen molar-refractivity contribution in [1.82, 2.24) is 0 Å². The second-order valence-corrected chi connectivity index (χ2v) is 5.06. The molecule has 4 nitrogen and oxygen atoms in total. The molecule has 0 N–H and O–H groups in total. The van der Waals surface area contributed by atoms with Crippen molar-refractivity contribution in [2.75, 3.05) is 20.8 Å². The fourth-order valence-electron chi connectivity index (χ4n) is 2.05. The maximum absolute atomic E-state index is 10.9. The van der Waals surface area contributed by atoms with Gasteiger partial charge in [-0.25, -0.2) is 4.79 Å². The molecule has 0 saturated carbocycles. The molecular formula is C16H21O4Si. The van der Waals surface area contributed by atoms with E-state index in [1.54, 1.807) is 14.2 Å². The van der Waals surface area contributed by atoms with Gasteiger partial charge < -0.3 is 14.2 Å². The summed E-state index contributed by atoms with van der Waals surface area (Å²) < 4.78 is 15.7. The number of benzene rings is 1. The highest BCUT2D eigenvalue weighted by Crippen LogP contribution is 2.29. The standard InChI is InChI=1S/C16H21O4Si/c1-4-14(17)20-11-7-5-6-8-12-9-10-13(21)16(19-3)15(12)18-2/h4,9-10H,1,5-8,11H2,2-3H3. The van der Waals surface area contributed by atoms with Crippen LogP contribution in [-0.2, 0) is 16.0 Å². The Morgan fingerprint density at radius 2 is 1.90 bits per heavy atom. The number of hydrogen-bond acceptors (Lipinski definition) is 4. The van der Waals surface area contributed by atoms with Gasteiger partial charge in [-0.15, -0.1) is 0 Å². The zero-order valence-electron chi connectivity index (χ0n) is 12.6. The minimum Gasteiger partial charge on any atom is -0.493 e. The van der Waals surface area contributed by atoms with E-state index in [0.717, 1.165) is 42.2 Å². The van der Waals surface area contributed by atoms with E-state index in [9.17, 15) is 4.79 Å². The van der Waals surface area contributed by atoms with Gasteiger partial charge in [0.05, 0.1) is 31.1 Å². The fraction of sp³-hybridized carbons (Fsp3) is 0.438. The summed E-state index contributed by atoms with van der Waals surface area (Å²) in [5, 5.41) is 0.870. The average Bonchev–Trinajstić information content (AvgIpc) is 2.50. The third kappa shape index (κ3) is 5.26. The van der Waals surface area contributed by atoms with Crippen molar-refractivity contribution in [2.24, 2.45) is 0 Å². The summed E-state index contributed by atoms with van der Waals surface area (Å²) in [7, 11) is 6.76. The summed E-state index contributed by atoms with van der Waals surface area (Å²) in [6.07, 6.45) is 4.88. The maximum atomic E-state index is 10.9. The van der Waals surface area contributed by atoms with Gasteiger partial charge in [-0.1, -0.05) is 18.7 Å². The topological polar surface area (TPSA) is 44.8 Å². The van der Waals surface area contributed by atoms with E-state index in [2.05, 4.69) is 16.8 Å². The van der Waals surface area contributed by atoms with Crippen LogP contribution in [0.5, 0.6) is 11.5 Å². The summed E-state index contributed by atoms with van der Waals surface area (Å²) in [6, 6.07) is 3.99. The Morgan fingerprint density at radius 3 is 2.52 bits per heavy atom. The quantitative estimate of drug-likeness (QED) is 0.303. The number of carbonyl (C=O) groups excluding carboxylic acids is 1. The molecule has 0 heterocycles. The highest BCUT2D eigenvalue weighted by atomic mass is 28.1. The van der Waals surface area contributed by atoms with Crippen molar-refractivity contribution < 1.29 is 19.0 Å². The number of aryl methyl sites for hydroxylation is 1. The van der Waals surface area contributed by atoms with Gasteiger partial charge in [-0.05, 0) is 36.4 Å². The van der Waals surface area contributed by atoms with Crippen molar-refractivity contribution in [3.63, 3.8) is 0 Å². The van der Waals surface area contributed by atoms with Crippen LogP contribution < -0.4 is 14.7 Å². The molecule has 0 fully saturated rings. The molecule has 113 valence electrons. The first-order chi connectivity index (χ1) is 10.1. The molecule has 0 aliphatic carbocycles. The van der Waals surface area contributed by atoms with Gasteiger partial charge in [0, 0.05) is 6.08 Å². The van der Waals surface area contributed by atoms with Crippen LogP contribution in [0.2, 0.25) is 0 Å². The van der Waals surface area contributed by atoms with Gasteiger partial charge in [0.15, 0.2) is 11.5 Å². The lowest BCUT2D eigenvalue weighted by atomic mass is 10.1. The van der Waals surface area contributed by atoms with Crippen LogP contribution in [0.4, 0.5) is 0 Å². The lowest BCUT2D eigenvalue weighted by molar-refractivity contribution is -0.137. The summed E-state index contributed by atoms with van der Waals surface area (Å²) >= 11 is 0. The first kappa shape index (κ1) is 17.3. The number of methoxy groups -OCH3 is 2. The molecular weight excluding hydrogens is 284 g/mol. The fourth-order valence-corrected chi connectivity index (χ4v) is 2.35. The lowest BCUT2D eigenvalue weighted by Gasteiger charge is -2.14. The van der Waals surface area contributed by atoms with Crippen LogP contribution in [0.15, 0.2) is 24.8 Å². The van der Waals surface area contributed by atoms with Crippen molar-refractivity contribution in [2.45, 2.75) is 25.7 Å². The van der Waals surface area contributed by atoms with E-state index in [1.807, 2.05) is 12.1 Å². The van der Waals surface area contributed by atoms with E-state index in [0.29, 0.717) is 12.4 Å². The summed E-state index contributed by atoms with van der Waals surface area (Å²) in [6.45, 7) is 3.79. The maximum Gasteiger partial charge on any atom is 0.330 e. The predicted molar refractivity (Wildman–Crippen MR) is 83.6 cm³/mol. The second kappa shape index (κ2) is 9.23. The van der Waals surface area contributed by atoms with E-state index >= 15 is 0 Å². The Kier molecular flexibility index (Phi) is 7.60. The molecule has 1 rings (SSSR count). The Bertz CT molecular complexity index is 485. The van der Waals surface area contributed by atoms with Crippen molar-refractivity contribution >= 4 is 21.4 Å². The van der Waals surface area contributed by atoms with Gasteiger partial charge in [0.2, 0.25) is 0 Å². The Labute approximate surface area is 129 Å². The monoisotopic (exact) mass is 305 g/mol. The molecule has 0 amide bonds. The first-order valence-corrected chi connectivity index (χ1v) is 7.38. The molecule has 0 aliphatic rings.